The minimum Gasteiger partial charge on any atom is -0.459 e. The molecule has 1 saturated carbocycles. The Balaban J connectivity index is 1.46. The van der Waals surface area contributed by atoms with Crippen LogP contribution in [0.5, 0.6) is 17.2 Å². The van der Waals surface area contributed by atoms with E-state index in [0.29, 0.717) is 48.0 Å². The molecule has 11 heteroatoms. The van der Waals surface area contributed by atoms with Gasteiger partial charge >= 0.3 is 6.09 Å². The van der Waals surface area contributed by atoms with E-state index in [1.54, 1.807) is 29.2 Å². The third kappa shape index (κ3) is 8.71. The zero-order valence-corrected chi connectivity index (χ0v) is 34.5. The van der Waals surface area contributed by atoms with Gasteiger partial charge < -0.3 is 34.0 Å². The number of aliphatic hydroxyl groups excluding tert-OH is 2. The van der Waals surface area contributed by atoms with Crippen molar-refractivity contribution >= 4 is 28.9 Å². The average molecular weight is 817 g/mol. The lowest BCUT2D eigenvalue weighted by Gasteiger charge is -2.59. The number of oxime groups is 1. The number of carbonyl (C=O) groups is 2. The van der Waals surface area contributed by atoms with Crippen LogP contribution in [0.4, 0.5) is 4.79 Å². The topological polar surface area (TPSA) is 136 Å². The predicted octanol–water partition coefficient (Wildman–Crippen LogP) is 9.37. The number of amides is 1. The molecule has 316 valence electrons. The lowest BCUT2D eigenvalue weighted by molar-refractivity contribution is -0.256. The van der Waals surface area contributed by atoms with E-state index in [9.17, 15) is 19.8 Å². The molecule has 4 aromatic carbocycles. The quantitative estimate of drug-likeness (QED) is 0.0411. The van der Waals surface area contributed by atoms with E-state index in [4.69, 9.17) is 28.9 Å². The lowest BCUT2D eigenvalue weighted by atomic mass is 9.55. The van der Waals surface area contributed by atoms with Crippen molar-refractivity contribution in [3.8, 4) is 17.2 Å². The molecule has 4 aromatic rings. The number of aldehydes is 1. The van der Waals surface area contributed by atoms with E-state index in [0.717, 1.165) is 59.4 Å². The van der Waals surface area contributed by atoms with Gasteiger partial charge in [-0.3, -0.25) is 9.69 Å². The number of carbonyl (C=O) groups excluding carboxylic acids is 2. The number of ether oxygens (including phenoxy) is 4. The van der Waals surface area contributed by atoms with E-state index < -0.39 is 23.8 Å². The normalized spacial score (nSPS) is 23.4. The molecule has 3 aliphatic rings. The Hall–Kier alpha value is -5.49. The zero-order valence-electron chi connectivity index (χ0n) is 34.5. The molecule has 1 aliphatic heterocycles. The van der Waals surface area contributed by atoms with Gasteiger partial charge in [0, 0.05) is 36.7 Å². The molecule has 0 saturated heterocycles. The Morgan fingerprint density at radius 2 is 1.73 bits per heavy atom. The fourth-order valence-corrected chi connectivity index (χ4v) is 9.67. The second-order valence-electron chi connectivity index (χ2n) is 15.7. The fraction of sp³-hybridized carbons (Fsp3) is 0.408. The summed E-state index contributed by atoms with van der Waals surface area (Å²) in [5.74, 6) is -0.392. The summed E-state index contributed by atoms with van der Waals surface area (Å²) in [5, 5.41) is 26.7. The highest BCUT2D eigenvalue weighted by Gasteiger charge is 2.65. The molecular weight excluding hydrogens is 761 g/mol. The summed E-state index contributed by atoms with van der Waals surface area (Å²) in [5.41, 5.74) is 4.00. The van der Waals surface area contributed by atoms with Crippen LogP contribution in [0.1, 0.15) is 79.3 Å². The number of nitrogens with zero attached hydrogens (tertiary/aromatic N) is 2. The Morgan fingerprint density at radius 1 is 0.967 bits per heavy atom. The molecule has 2 aliphatic carbocycles. The van der Waals surface area contributed by atoms with Crippen molar-refractivity contribution < 1.29 is 43.6 Å². The highest BCUT2D eigenvalue weighted by Crippen LogP contribution is 2.62. The summed E-state index contributed by atoms with van der Waals surface area (Å²) in [6.45, 7) is 6.78. The fourth-order valence-electron chi connectivity index (χ4n) is 9.67. The molecule has 2 N–H and O–H groups in total. The molecule has 6 unspecified atom stereocenters. The van der Waals surface area contributed by atoms with Gasteiger partial charge in [-0.25, -0.2) is 4.79 Å². The summed E-state index contributed by atoms with van der Waals surface area (Å²) < 4.78 is 26.4. The number of unbranched alkanes of at least 4 members (excludes halogenated alkanes) is 2. The maximum Gasteiger partial charge on any atom is 0.410 e. The largest absolute Gasteiger partial charge is 0.459 e. The monoisotopic (exact) mass is 816 g/mol. The predicted molar refractivity (Wildman–Crippen MR) is 230 cm³/mol. The van der Waals surface area contributed by atoms with Crippen LogP contribution >= 0.6 is 0 Å². The Labute approximate surface area is 352 Å². The summed E-state index contributed by atoms with van der Waals surface area (Å²) in [4.78, 5) is 33.6. The first-order valence-electron chi connectivity index (χ1n) is 21.1. The molecule has 0 radical (unpaired) electrons. The number of allylic oxidation sites excluding steroid dienone is 1. The number of fused-ring (bicyclic) bond motifs is 3. The van der Waals surface area contributed by atoms with Gasteiger partial charge in [-0.05, 0) is 96.7 Å². The van der Waals surface area contributed by atoms with Crippen LogP contribution in [-0.2, 0) is 20.9 Å². The van der Waals surface area contributed by atoms with Crippen LogP contribution in [0.2, 0.25) is 0 Å². The van der Waals surface area contributed by atoms with Crippen LogP contribution in [0.15, 0.2) is 114 Å². The standard InChI is InChI=1S/C49H56N2O9/c1-4-26-57-49-45(51(48(55)56-3)31-36-18-13-17-34-15-6-7-20-39(34)36)30-43(50-58-5-2)41-28-35(16-8-10-24-52)40(21-9-11-25-53)46(47(41)49)42-29-38(22-23-44(42)60-49)59-37-19-12-14-33(27-37)32-54/h4,6-7,12-15,17-20,22-23,27-29,32,35,40,45-47,52-53H,1,5,8-11,16,21,24-26,30-31H2,2-3H3. The van der Waals surface area contributed by atoms with Crippen molar-refractivity contribution in [1.29, 1.82) is 0 Å². The van der Waals surface area contributed by atoms with Gasteiger partial charge in [-0.2, -0.15) is 0 Å². The minimum atomic E-state index is -1.45. The van der Waals surface area contributed by atoms with Crippen LogP contribution < -0.4 is 9.47 Å². The third-order valence-electron chi connectivity index (χ3n) is 12.2. The third-order valence-corrected chi connectivity index (χ3v) is 12.2. The van der Waals surface area contributed by atoms with Crippen LogP contribution in [-0.4, -0.2) is 78.6 Å². The van der Waals surface area contributed by atoms with Gasteiger partial charge in [0.05, 0.1) is 31.9 Å². The van der Waals surface area contributed by atoms with Gasteiger partial charge in [-0.15, -0.1) is 6.58 Å². The van der Waals surface area contributed by atoms with E-state index in [-0.39, 0.29) is 50.5 Å². The van der Waals surface area contributed by atoms with Gasteiger partial charge in [0.25, 0.3) is 0 Å². The van der Waals surface area contributed by atoms with Crippen molar-refractivity contribution in [2.24, 2.45) is 22.9 Å². The SMILES string of the molecule is C=CCOC12Oc3ccc(Oc4cccc(C=O)c4)cc3C3C(CCCCO)C(CCCCO)C=C(C(=NOCC)CC1N(Cc1cccc4ccccc14)C(=O)OC)C32. The minimum absolute atomic E-state index is 0.0312. The first-order valence-corrected chi connectivity index (χ1v) is 21.1. The van der Waals surface area contributed by atoms with E-state index >= 15 is 0 Å². The molecule has 7 rings (SSSR count). The molecule has 1 fully saturated rings. The number of methoxy groups -OCH3 is 1. The van der Waals surface area contributed by atoms with Crippen LogP contribution in [0, 0.1) is 17.8 Å². The van der Waals surface area contributed by atoms with Crippen molar-refractivity contribution in [3.05, 3.63) is 126 Å². The van der Waals surface area contributed by atoms with E-state index in [1.807, 2.05) is 55.5 Å². The summed E-state index contributed by atoms with van der Waals surface area (Å²) >= 11 is 0. The van der Waals surface area contributed by atoms with Crippen LogP contribution in [0.3, 0.4) is 0 Å². The van der Waals surface area contributed by atoms with E-state index in [2.05, 4.69) is 30.9 Å². The Kier molecular flexibility index (Phi) is 14.0. The summed E-state index contributed by atoms with van der Waals surface area (Å²) in [6.07, 6.45) is 9.04. The number of aliphatic hydroxyl groups is 2. The molecular formula is C49H56N2O9. The number of benzene rings is 4. The second-order valence-corrected chi connectivity index (χ2v) is 15.7. The molecule has 1 amide bonds. The second kappa shape index (κ2) is 19.7. The average Bonchev–Trinajstić information content (AvgIpc) is 3.28. The molecule has 0 spiro atoms. The molecule has 6 atom stereocenters. The first-order chi connectivity index (χ1) is 29.4. The highest BCUT2D eigenvalue weighted by atomic mass is 16.7. The van der Waals surface area contributed by atoms with Crippen molar-refractivity contribution in [3.63, 3.8) is 0 Å². The van der Waals surface area contributed by atoms with E-state index in [1.165, 1.54) is 7.11 Å². The lowest BCUT2D eigenvalue weighted by Crippen LogP contribution is -2.70. The van der Waals surface area contributed by atoms with Gasteiger partial charge in [0.15, 0.2) is 0 Å². The number of hydrogen-bond donors (Lipinski definition) is 2. The summed E-state index contributed by atoms with van der Waals surface area (Å²) in [6, 6.07) is 26.2. The van der Waals surface area contributed by atoms with Gasteiger partial charge in [-0.1, -0.05) is 84.7 Å². The molecule has 11 nitrogen and oxygen atoms in total. The van der Waals surface area contributed by atoms with Gasteiger partial charge in [0.1, 0.15) is 36.2 Å². The number of hydrogen-bond acceptors (Lipinski definition) is 10. The molecule has 0 bridgehead atoms. The smallest absolute Gasteiger partial charge is 0.410 e. The molecule has 0 aromatic heterocycles. The Morgan fingerprint density at radius 3 is 2.50 bits per heavy atom. The Bertz CT molecular complexity index is 2200. The zero-order chi connectivity index (χ0) is 42.1. The van der Waals surface area contributed by atoms with Crippen molar-refractivity contribution in [2.45, 2.75) is 76.2 Å². The summed E-state index contributed by atoms with van der Waals surface area (Å²) in [7, 11) is 1.39. The molecule has 60 heavy (non-hydrogen) atoms. The van der Waals surface area contributed by atoms with Crippen LogP contribution in [0.25, 0.3) is 10.8 Å². The maximum absolute atomic E-state index is 14.4. The van der Waals surface area contributed by atoms with Gasteiger partial charge in [0.2, 0.25) is 5.79 Å². The first kappa shape index (κ1) is 42.6. The maximum atomic E-state index is 14.4. The number of rotatable bonds is 19. The van der Waals surface area contributed by atoms with Crippen molar-refractivity contribution in [2.75, 3.05) is 33.5 Å². The molecule has 1 heterocycles. The highest BCUT2D eigenvalue weighted by molar-refractivity contribution is 6.03. The van der Waals surface area contributed by atoms with Crippen molar-refractivity contribution in [1.82, 2.24) is 4.90 Å².